The Morgan fingerprint density at radius 3 is 2.48 bits per heavy atom. The summed E-state index contributed by atoms with van der Waals surface area (Å²) in [6.07, 6.45) is 3.99. The van der Waals surface area contributed by atoms with Crippen LogP contribution in [0.3, 0.4) is 0 Å². The summed E-state index contributed by atoms with van der Waals surface area (Å²) in [6.45, 7) is 8.02. The van der Waals surface area contributed by atoms with Crippen LogP contribution in [0, 0.1) is 0 Å². The molecular weight excluding hydrogens is 394 g/mol. The second-order valence-corrected chi connectivity index (χ2v) is 7.55. The molecule has 3 rings (SSSR count). The van der Waals surface area contributed by atoms with Crippen LogP contribution in [0.5, 0.6) is 0 Å². The van der Waals surface area contributed by atoms with Gasteiger partial charge in [0.2, 0.25) is 11.7 Å². The molecule has 0 fully saturated rings. The molecule has 2 amide bonds. The average molecular weight is 424 g/mol. The van der Waals surface area contributed by atoms with E-state index >= 15 is 0 Å². The Kier molecular flexibility index (Phi) is 7.23. The monoisotopic (exact) mass is 423 g/mol. The van der Waals surface area contributed by atoms with Crippen LogP contribution in [0.2, 0.25) is 0 Å². The minimum Gasteiger partial charge on any atom is -0.431 e. The van der Waals surface area contributed by atoms with Crippen LogP contribution in [0.1, 0.15) is 68.0 Å². The number of carbonyl (C=O) groups excluding carboxylic acids is 2. The Hall–Kier alpha value is -3.42. The van der Waals surface area contributed by atoms with Gasteiger partial charge in [-0.1, -0.05) is 32.9 Å². The molecular formula is C23H29N5O3. The number of benzene rings is 1. The number of H-pyrrole nitrogens is 1. The number of carbonyl (C=O) groups is 2. The van der Waals surface area contributed by atoms with Crippen LogP contribution in [0.4, 0.5) is 0 Å². The quantitative estimate of drug-likeness (QED) is 0.478. The third-order valence-corrected chi connectivity index (χ3v) is 5.27. The van der Waals surface area contributed by atoms with Gasteiger partial charge in [-0.15, -0.1) is 0 Å². The number of aromatic nitrogens is 3. The number of hydrogen-bond donors (Lipinski definition) is 3. The first-order chi connectivity index (χ1) is 14.9. The van der Waals surface area contributed by atoms with Gasteiger partial charge in [0.05, 0.1) is 11.9 Å². The molecule has 0 bridgehead atoms. The van der Waals surface area contributed by atoms with Gasteiger partial charge in [0.25, 0.3) is 11.8 Å². The molecule has 0 aliphatic rings. The van der Waals surface area contributed by atoms with Crippen molar-refractivity contribution in [2.24, 2.45) is 0 Å². The van der Waals surface area contributed by atoms with Crippen molar-refractivity contribution >= 4 is 11.8 Å². The smallest absolute Gasteiger partial charge is 0.288 e. The van der Waals surface area contributed by atoms with E-state index in [1.165, 1.54) is 6.20 Å². The predicted molar refractivity (Wildman–Crippen MR) is 119 cm³/mol. The van der Waals surface area contributed by atoms with Crippen molar-refractivity contribution < 1.29 is 14.0 Å². The van der Waals surface area contributed by atoms with Crippen molar-refractivity contribution in [1.82, 2.24) is 25.8 Å². The molecule has 0 radical (unpaired) electrons. The molecule has 0 aliphatic carbocycles. The fourth-order valence-electron chi connectivity index (χ4n) is 3.06. The fraction of sp³-hybridized carbons (Fsp3) is 0.391. The van der Waals surface area contributed by atoms with Crippen molar-refractivity contribution in [3.8, 4) is 22.7 Å². The summed E-state index contributed by atoms with van der Waals surface area (Å²) in [5, 5.41) is 12.9. The summed E-state index contributed by atoms with van der Waals surface area (Å²) in [5.41, 5.74) is 2.55. The van der Waals surface area contributed by atoms with Crippen molar-refractivity contribution in [2.75, 3.05) is 0 Å². The highest BCUT2D eigenvalue weighted by molar-refractivity contribution is 5.93. The van der Waals surface area contributed by atoms with Crippen molar-refractivity contribution in [1.29, 1.82) is 0 Å². The van der Waals surface area contributed by atoms with Gasteiger partial charge < -0.3 is 15.1 Å². The lowest BCUT2D eigenvalue weighted by Gasteiger charge is -2.12. The van der Waals surface area contributed by atoms with Gasteiger partial charge in [-0.2, -0.15) is 5.10 Å². The molecule has 164 valence electrons. The number of aromatic amines is 1. The molecule has 0 saturated carbocycles. The minimum absolute atomic E-state index is 0.0870. The summed E-state index contributed by atoms with van der Waals surface area (Å²) in [4.78, 5) is 28.9. The summed E-state index contributed by atoms with van der Waals surface area (Å²) in [5.74, 6) is 0.0656. The molecule has 3 aromatic rings. The largest absolute Gasteiger partial charge is 0.431 e. The lowest BCUT2D eigenvalue weighted by Crippen LogP contribution is -2.33. The highest BCUT2D eigenvalue weighted by atomic mass is 16.4. The van der Waals surface area contributed by atoms with Crippen molar-refractivity contribution in [3.05, 3.63) is 48.0 Å². The minimum atomic E-state index is -0.270. The number of rotatable bonds is 9. The lowest BCUT2D eigenvalue weighted by molar-refractivity contribution is 0.0905. The van der Waals surface area contributed by atoms with E-state index in [1.807, 2.05) is 52.0 Å². The van der Waals surface area contributed by atoms with E-state index in [4.69, 9.17) is 4.42 Å². The van der Waals surface area contributed by atoms with Crippen LogP contribution in [0.25, 0.3) is 22.7 Å². The number of amides is 2. The lowest BCUT2D eigenvalue weighted by atomic mass is 10.1. The standard InChI is InChI=1S/C23H29N5O3/c1-5-14(4)25-21(29)19-12-18(27-28-19)15-9-8-10-16(11-15)23-24-13-20(31-23)22(30)26-17(6-2)7-3/h8-14,17H,5-7H2,1-4H3,(H,25,29)(H,26,30)(H,27,28). The number of hydrogen-bond acceptors (Lipinski definition) is 5. The zero-order valence-corrected chi connectivity index (χ0v) is 18.4. The Bertz CT molecular complexity index is 1040. The first-order valence-corrected chi connectivity index (χ1v) is 10.7. The first-order valence-electron chi connectivity index (χ1n) is 10.7. The van der Waals surface area contributed by atoms with Crippen molar-refractivity contribution in [3.63, 3.8) is 0 Å². The SMILES string of the molecule is CCC(C)NC(=O)c1cc(-c2cccc(-c3ncc(C(=O)NC(CC)CC)o3)c2)n[nH]1. The van der Waals surface area contributed by atoms with E-state index in [1.54, 1.807) is 6.07 Å². The van der Waals surface area contributed by atoms with Crippen LogP contribution >= 0.6 is 0 Å². The molecule has 0 spiro atoms. The Balaban J connectivity index is 1.77. The normalized spacial score (nSPS) is 12.0. The molecule has 8 nitrogen and oxygen atoms in total. The Labute approximate surface area is 181 Å². The molecule has 0 aliphatic heterocycles. The molecule has 1 aromatic carbocycles. The molecule has 3 N–H and O–H groups in total. The zero-order valence-electron chi connectivity index (χ0n) is 18.4. The highest BCUT2D eigenvalue weighted by Crippen LogP contribution is 2.25. The molecule has 1 unspecified atom stereocenters. The summed E-state index contributed by atoms with van der Waals surface area (Å²) >= 11 is 0. The number of nitrogens with zero attached hydrogens (tertiary/aromatic N) is 2. The van der Waals surface area contributed by atoms with E-state index in [0.717, 1.165) is 24.8 Å². The van der Waals surface area contributed by atoms with Crippen LogP contribution in [-0.2, 0) is 0 Å². The van der Waals surface area contributed by atoms with Gasteiger partial charge in [0.15, 0.2) is 0 Å². The van der Waals surface area contributed by atoms with E-state index < -0.39 is 0 Å². The summed E-state index contributed by atoms with van der Waals surface area (Å²) < 4.78 is 5.70. The average Bonchev–Trinajstić information content (AvgIpc) is 3.47. The Morgan fingerprint density at radius 1 is 1.03 bits per heavy atom. The number of nitrogens with one attached hydrogen (secondary N) is 3. The van der Waals surface area contributed by atoms with E-state index in [-0.39, 0.29) is 29.7 Å². The topological polar surface area (TPSA) is 113 Å². The summed E-state index contributed by atoms with van der Waals surface area (Å²) in [6, 6.07) is 9.36. The molecule has 2 aromatic heterocycles. The second-order valence-electron chi connectivity index (χ2n) is 7.55. The van der Waals surface area contributed by atoms with Gasteiger partial charge >= 0.3 is 0 Å². The molecule has 8 heteroatoms. The number of oxazole rings is 1. The van der Waals surface area contributed by atoms with Gasteiger partial charge in [0.1, 0.15) is 5.69 Å². The maximum absolute atomic E-state index is 12.4. The molecule has 2 heterocycles. The highest BCUT2D eigenvalue weighted by Gasteiger charge is 2.17. The van der Waals surface area contributed by atoms with Crippen molar-refractivity contribution in [2.45, 2.75) is 59.0 Å². The maximum atomic E-state index is 12.4. The summed E-state index contributed by atoms with van der Waals surface area (Å²) in [7, 11) is 0. The second kappa shape index (κ2) is 10.1. The van der Waals surface area contributed by atoms with E-state index in [2.05, 4.69) is 25.8 Å². The first kappa shape index (κ1) is 22.3. The third-order valence-electron chi connectivity index (χ3n) is 5.27. The maximum Gasteiger partial charge on any atom is 0.288 e. The third kappa shape index (κ3) is 5.39. The molecule has 1 atom stereocenters. The fourth-order valence-corrected chi connectivity index (χ4v) is 3.06. The van der Waals surface area contributed by atoms with Crippen LogP contribution in [-0.4, -0.2) is 39.1 Å². The van der Waals surface area contributed by atoms with Gasteiger partial charge in [0, 0.05) is 23.2 Å². The van der Waals surface area contributed by atoms with Crippen LogP contribution in [0.15, 0.2) is 40.9 Å². The van der Waals surface area contributed by atoms with Gasteiger partial charge in [-0.05, 0) is 44.4 Å². The van der Waals surface area contributed by atoms with E-state index in [0.29, 0.717) is 22.8 Å². The molecule has 31 heavy (non-hydrogen) atoms. The van der Waals surface area contributed by atoms with Gasteiger partial charge in [-0.3, -0.25) is 14.7 Å². The predicted octanol–water partition coefficient (Wildman–Crippen LogP) is 4.18. The zero-order chi connectivity index (χ0) is 22.4. The Morgan fingerprint density at radius 2 is 1.77 bits per heavy atom. The molecule has 0 saturated heterocycles. The van der Waals surface area contributed by atoms with Gasteiger partial charge in [-0.25, -0.2) is 4.98 Å². The van der Waals surface area contributed by atoms with E-state index in [9.17, 15) is 9.59 Å². The van der Waals surface area contributed by atoms with Crippen LogP contribution < -0.4 is 10.6 Å².